The van der Waals surface area contributed by atoms with E-state index in [1.54, 1.807) is 0 Å². The lowest BCUT2D eigenvalue weighted by atomic mass is 9.98. The Morgan fingerprint density at radius 3 is 1.50 bits per heavy atom. The lowest BCUT2D eigenvalue weighted by Crippen LogP contribution is -1.92. The van der Waals surface area contributed by atoms with E-state index < -0.39 is 0 Å². The molecule has 0 saturated carbocycles. The molecule has 0 heterocycles. The Morgan fingerprint density at radius 2 is 1.03 bits per heavy atom. The van der Waals surface area contributed by atoms with Crippen LogP contribution in [0, 0.1) is 5.39 Å². The molecular weight excluding hydrogens is 419 g/mol. The van der Waals surface area contributed by atoms with Crippen LogP contribution in [0.15, 0.2) is 18.2 Å². The summed E-state index contributed by atoms with van der Waals surface area (Å²) in [5.41, 5.74) is 3.27. The highest BCUT2D eigenvalue weighted by atomic mass is 19.1. The highest BCUT2D eigenvalue weighted by Crippen LogP contribution is 2.24. The van der Waals surface area contributed by atoms with Gasteiger partial charge in [-0.2, -0.15) is 0 Å². The van der Waals surface area contributed by atoms with Crippen molar-refractivity contribution >= 4 is 5.69 Å². The van der Waals surface area contributed by atoms with E-state index in [1.807, 2.05) is 6.07 Å². The van der Waals surface area contributed by atoms with Gasteiger partial charge in [0.1, 0.15) is 0 Å². The summed E-state index contributed by atoms with van der Waals surface area (Å²) in [5, 5.41) is 9.32. The minimum atomic E-state index is -0.187. The highest BCUT2D eigenvalue weighted by molar-refractivity contribution is 5.53. The van der Waals surface area contributed by atoms with Gasteiger partial charge < -0.3 is 0 Å². The average molecular weight is 474 g/mol. The average Bonchev–Trinajstić information content (AvgIpc) is 2.86. The number of unbranched alkanes of at least 4 members (excludes halogenated alkanes) is 19. The van der Waals surface area contributed by atoms with Crippen LogP contribution in [0.2, 0.25) is 0 Å². The molecule has 0 bridgehead atoms. The summed E-state index contributed by atoms with van der Waals surface area (Å²) in [4.78, 5) is 3.49. The molecule has 0 radical (unpaired) electrons. The van der Waals surface area contributed by atoms with Crippen molar-refractivity contribution in [1.29, 1.82) is 5.39 Å². The van der Waals surface area contributed by atoms with Crippen LogP contribution in [0.4, 0.5) is 10.1 Å². The van der Waals surface area contributed by atoms with Gasteiger partial charge in [-0.1, -0.05) is 129 Å². The van der Waals surface area contributed by atoms with Gasteiger partial charge in [0, 0.05) is 11.6 Å². The van der Waals surface area contributed by atoms with Crippen molar-refractivity contribution in [3.05, 3.63) is 34.3 Å². The molecule has 1 aromatic carbocycles. The SMILES string of the molecule is CCCCCCCCCCCCCCCCCc1ccc([N+]#N)c(CCCCCCCCF)c1. The van der Waals surface area contributed by atoms with Gasteiger partial charge in [0.05, 0.1) is 6.67 Å². The maximum atomic E-state index is 12.1. The summed E-state index contributed by atoms with van der Waals surface area (Å²) in [5.74, 6) is 0. The third-order valence-corrected chi connectivity index (χ3v) is 7.15. The summed E-state index contributed by atoms with van der Waals surface area (Å²) in [6.45, 7) is 2.10. The van der Waals surface area contributed by atoms with Crippen molar-refractivity contribution in [1.82, 2.24) is 0 Å². The fraction of sp³-hybridized carbons (Fsp3) is 0.806. The number of halogens is 1. The Labute approximate surface area is 211 Å². The van der Waals surface area contributed by atoms with Crippen LogP contribution in [-0.4, -0.2) is 6.67 Å². The fourth-order valence-corrected chi connectivity index (χ4v) is 4.91. The van der Waals surface area contributed by atoms with Gasteiger partial charge in [0.25, 0.3) is 0 Å². The van der Waals surface area contributed by atoms with Gasteiger partial charge in [-0.25, -0.2) is 0 Å². The molecular formula is C31H54FN2+. The minimum Gasteiger partial charge on any atom is -0.251 e. The summed E-state index contributed by atoms with van der Waals surface area (Å²) in [6.07, 6.45) is 29.3. The molecule has 0 saturated heterocycles. The van der Waals surface area contributed by atoms with Crippen molar-refractivity contribution in [2.24, 2.45) is 0 Å². The first-order chi connectivity index (χ1) is 16.8. The fourth-order valence-electron chi connectivity index (χ4n) is 4.91. The molecule has 0 atom stereocenters. The van der Waals surface area contributed by atoms with Gasteiger partial charge in [0.2, 0.25) is 5.39 Å². The Hall–Kier alpha value is -1.43. The van der Waals surface area contributed by atoms with E-state index in [-0.39, 0.29) is 6.67 Å². The molecule has 0 unspecified atom stereocenters. The molecule has 194 valence electrons. The first kappa shape index (κ1) is 30.6. The zero-order valence-corrected chi connectivity index (χ0v) is 22.5. The number of diazo groups is 1. The van der Waals surface area contributed by atoms with E-state index in [9.17, 15) is 9.78 Å². The molecule has 1 rings (SSSR count). The second kappa shape index (κ2) is 23.3. The number of hydrogen-bond donors (Lipinski definition) is 0. The zero-order valence-electron chi connectivity index (χ0n) is 22.5. The van der Waals surface area contributed by atoms with Crippen LogP contribution in [-0.2, 0) is 12.8 Å². The summed E-state index contributed by atoms with van der Waals surface area (Å²) >= 11 is 0. The monoisotopic (exact) mass is 473 g/mol. The van der Waals surface area contributed by atoms with Crippen molar-refractivity contribution in [2.75, 3.05) is 6.67 Å². The Morgan fingerprint density at radius 1 is 0.588 bits per heavy atom. The van der Waals surface area contributed by atoms with Crippen LogP contribution >= 0.6 is 0 Å². The minimum absolute atomic E-state index is 0.187. The molecule has 0 aliphatic carbocycles. The van der Waals surface area contributed by atoms with E-state index in [0.717, 1.165) is 37.8 Å². The van der Waals surface area contributed by atoms with Gasteiger partial charge >= 0.3 is 5.69 Å². The number of hydrogen-bond acceptors (Lipinski definition) is 1. The Balaban J connectivity index is 2.04. The summed E-state index contributed by atoms with van der Waals surface area (Å²) in [7, 11) is 0. The smallest absolute Gasteiger partial charge is 0.251 e. The van der Waals surface area contributed by atoms with Crippen LogP contribution in [0.25, 0.3) is 4.98 Å². The molecule has 3 heteroatoms. The first-order valence-corrected chi connectivity index (χ1v) is 14.8. The maximum Gasteiger partial charge on any atom is 0.388 e. The molecule has 0 aliphatic rings. The van der Waals surface area contributed by atoms with Crippen LogP contribution in [0.1, 0.15) is 153 Å². The zero-order chi connectivity index (χ0) is 24.5. The maximum absolute atomic E-state index is 12.1. The van der Waals surface area contributed by atoms with Gasteiger partial charge in [-0.3, -0.25) is 4.39 Å². The normalized spacial score (nSPS) is 11.1. The number of benzene rings is 1. The lowest BCUT2D eigenvalue weighted by molar-refractivity contribution is 0.450. The summed E-state index contributed by atoms with van der Waals surface area (Å²) in [6, 6.07) is 6.35. The Kier molecular flexibility index (Phi) is 21.0. The topological polar surface area (TPSA) is 28.1 Å². The van der Waals surface area contributed by atoms with Crippen LogP contribution in [0.3, 0.4) is 0 Å². The second-order valence-corrected chi connectivity index (χ2v) is 10.3. The Bertz CT molecular complexity index is 622. The quantitative estimate of drug-likeness (QED) is 0.108. The molecule has 0 spiro atoms. The highest BCUT2D eigenvalue weighted by Gasteiger charge is 2.13. The van der Waals surface area contributed by atoms with Gasteiger partial charge in [-0.15, -0.1) is 0 Å². The molecule has 0 amide bonds. The second-order valence-electron chi connectivity index (χ2n) is 10.3. The third-order valence-electron chi connectivity index (χ3n) is 7.15. The third kappa shape index (κ3) is 17.1. The van der Waals surface area contributed by atoms with Crippen molar-refractivity contribution in [2.45, 2.75) is 155 Å². The van der Waals surface area contributed by atoms with E-state index in [4.69, 9.17) is 0 Å². The molecule has 34 heavy (non-hydrogen) atoms. The number of aryl methyl sites for hydroxylation is 2. The number of rotatable bonds is 24. The summed E-state index contributed by atoms with van der Waals surface area (Å²) < 4.78 is 12.1. The van der Waals surface area contributed by atoms with E-state index in [0.29, 0.717) is 6.42 Å². The van der Waals surface area contributed by atoms with Crippen molar-refractivity contribution < 1.29 is 4.39 Å². The van der Waals surface area contributed by atoms with Gasteiger partial charge in [0.15, 0.2) is 4.98 Å². The molecule has 2 nitrogen and oxygen atoms in total. The first-order valence-electron chi connectivity index (χ1n) is 14.8. The van der Waals surface area contributed by atoms with E-state index in [1.165, 1.54) is 120 Å². The van der Waals surface area contributed by atoms with Crippen molar-refractivity contribution in [3.63, 3.8) is 0 Å². The van der Waals surface area contributed by atoms with E-state index >= 15 is 0 Å². The van der Waals surface area contributed by atoms with Gasteiger partial charge in [-0.05, 0) is 43.7 Å². The van der Waals surface area contributed by atoms with Crippen LogP contribution < -0.4 is 0 Å². The molecule has 0 aliphatic heterocycles. The molecule has 0 fully saturated rings. The molecule has 0 aromatic heterocycles. The predicted molar refractivity (Wildman–Crippen MR) is 147 cm³/mol. The predicted octanol–water partition coefficient (Wildman–Crippen LogP) is 11.4. The standard InChI is InChI=1S/C31H54FN2/c1-2-3-4-5-6-7-8-9-10-11-12-13-14-17-20-23-29-25-26-31(34-33)30(28-29)24-21-18-15-16-19-22-27-32/h25-26,28H,2-24,27H2,1H3/q+1. The lowest BCUT2D eigenvalue weighted by Gasteiger charge is -2.05. The van der Waals surface area contributed by atoms with Crippen molar-refractivity contribution in [3.8, 4) is 0 Å². The molecule has 0 N–H and O–H groups in total. The number of nitrogens with zero attached hydrogens (tertiary/aromatic N) is 2. The molecule has 1 aromatic rings. The van der Waals surface area contributed by atoms with E-state index in [2.05, 4.69) is 24.0 Å². The van der Waals surface area contributed by atoms with Crippen LogP contribution in [0.5, 0.6) is 0 Å². The largest absolute Gasteiger partial charge is 0.388 e. The number of alkyl halides is 1.